The number of benzene rings is 1. The smallest absolute Gasteiger partial charge is 0.298 e. The Balaban J connectivity index is 1.81. The van der Waals surface area contributed by atoms with Gasteiger partial charge in [0.1, 0.15) is 17.4 Å². The van der Waals surface area contributed by atoms with E-state index in [0.717, 1.165) is 11.2 Å². The quantitative estimate of drug-likeness (QED) is 0.435. The first-order valence-corrected chi connectivity index (χ1v) is 11.9. The van der Waals surface area contributed by atoms with Crippen LogP contribution in [0, 0.1) is 5.82 Å². The summed E-state index contributed by atoms with van der Waals surface area (Å²) in [6, 6.07) is 3.03. The lowest BCUT2D eigenvalue weighted by Crippen LogP contribution is -2.61. The van der Waals surface area contributed by atoms with Crippen LogP contribution in [-0.2, 0) is 35.6 Å². The first-order chi connectivity index (χ1) is 15.0. The molecule has 1 aromatic rings. The number of sulfone groups is 1. The van der Waals surface area contributed by atoms with E-state index in [2.05, 4.69) is 10.3 Å². The van der Waals surface area contributed by atoms with Gasteiger partial charge >= 0.3 is 0 Å². The number of rotatable bonds is 6. The molecule has 172 valence electrons. The van der Waals surface area contributed by atoms with E-state index in [1.54, 1.807) is 0 Å². The molecule has 0 aromatic heterocycles. The second-order valence-corrected chi connectivity index (χ2v) is 9.93. The fraction of sp³-hybridized carbons (Fsp3) is 0.450. The first-order valence-electron chi connectivity index (χ1n) is 9.87. The maximum absolute atomic E-state index is 13.0. The predicted molar refractivity (Wildman–Crippen MR) is 112 cm³/mol. The molecule has 1 N–H and O–H groups in total. The van der Waals surface area contributed by atoms with E-state index >= 15 is 0 Å². The van der Waals surface area contributed by atoms with E-state index < -0.39 is 57.0 Å². The lowest BCUT2D eigenvalue weighted by atomic mass is 9.98. The number of aliphatic imine (C=N–C) groups is 1. The second-order valence-electron chi connectivity index (χ2n) is 7.79. The number of carbonyl (C=O) groups is 4. The Kier molecular flexibility index (Phi) is 6.72. The van der Waals surface area contributed by atoms with E-state index in [4.69, 9.17) is 0 Å². The topological polar surface area (TPSA) is 133 Å². The molecule has 0 saturated carbocycles. The van der Waals surface area contributed by atoms with Crippen LogP contribution >= 0.6 is 0 Å². The number of halogens is 1. The minimum atomic E-state index is -3.57. The SMILES string of the molecule is CN(C(=O)CS(C)(=O)=O)[C@@H]1CCCN2C(=O)C(=O)C(C(=O)NCc3ccc(F)cc3)N=C12. The molecule has 1 aromatic carbocycles. The van der Waals surface area contributed by atoms with Gasteiger partial charge < -0.3 is 10.2 Å². The Morgan fingerprint density at radius 2 is 1.91 bits per heavy atom. The zero-order valence-corrected chi connectivity index (χ0v) is 18.4. The van der Waals surface area contributed by atoms with E-state index in [1.165, 1.54) is 36.2 Å². The van der Waals surface area contributed by atoms with Gasteiger partial charge in [0.05, 0.1) is 6.04 Å². The largest absolute Gasteiger partial charge is 0.350 e. The number of hydrogen-bond donors (Lipinski definition) is 1. The molecule has 2 aliphatic rings. The predicted octanol–water partition coefficient (Wildman–Crippen LogP) is -0.714. The molecule has 2 atom stereocenters. The highest BCUT2D eigenvalue weighted by Crippen LogP contribution is 2.23. The summed E-state index contributed by atoms with van der Waals surface area (Å²) in [5.74, 6) is -4.41. The van der Waals surface area contributed by atoms with Crippen molar-refractivity contribution in [3.05, 3.63) is 35.6 Å². The van der Waals surface area contributed by atoms with Crippen molar-refractivity contribution in [1.29, 1.82) is 0 Å². The lowest BCUT2D eigenvalue weighted by molar-refractivity contribution is -0.146. The number of ketones is 1. The summed E-state index contributed by atoms with van der Waals surface area (Å²) in [5.41, 5.74) is 0.588. The monoisotopic (exact) mass is 466 g/mol. The van der Waals surface area contributed by atoms with E-state index in [-0.39, 0.29) is 18.9 Å². The molecule has 0 radical (unpaired) electrons. The normalized spacial score (nSPS) is 21.0. The van der Waals surface area contributed by atoms with Crippen molar-refractivity contribution in [2.75, 3.05) is 25.6 Å². The third-order valence-electron chi connectivity index (χ3n) is 5.27. The van der Waals surface area contributed by atoms with Gasteiger partial charge in [-0.3, -0.25) is 24.1 Å². The fourth-order valence-electron chi connectivity index (χ4n) is 3.60. The van der Waals surface area contributed by atoms with Gasteiger partial charge in [-0.25, -0.2) is 17.8 Å². The molecular formula is C20H23FN4O6S. The van der Waals surface area contributed by atoms with Crippen LogP contribution in [0.1, 0.15) is 18.4 Å². The minimum absolute atomic E-state index is 0.00181. The van der Waals surface area contributed by atoms with Gasteiger partial charge in [0.25, 0.3) is 17.6 Å². The number of likely N-dealkylation sites (N-methyl/N-ethyl adjacent to an activating group) is 1. The molecule has 12 heteroatoms. The molecule has 10 nitrogen and oxygen atoms in total. The van der Waals surface area contributed by atoms with Gasteiger partial charge in [0, 0.05) is 26.4 Å². The Morgan fingerprint density at radius 1 is 1.25 bits per heavy atom. The van der Waals surface area contributed by atoms with E-state index in [0.29, 0.717) is 18.4 Å². The summed E-state index contributed by atoms with van der Waals surface area (Å²) in [4.78, 5) is 56.7. The van der Waals surface area contributed by atoms with Crippen molar-refractivity contribution < 1.29 is 32.0 Å². The Labute approximate surface area is 184 Å². The number of nitrogens with one attached hydrogen (secondary N) is 1. The second kappa shape index (κ2) is 9.15. The van der Waals surface area contributed by atoms with Crippen molar-refractivity contribution in [2.45, 2.75) is 31.5 Å². The molecule has 0 aliphatic carbocycles. The maximum Gasteiger partial charge on any atom is 0.298 e. The maximum atomic E-state index is 13.0. The molecule has 1 saturated heterocycles. The number of carbonyl (C=O) groups excluding carboxylic acids is 4. The highest BCUT2D eigenvalue weighted by Gasteiger charge is 2.45. The molecule has 3 amide bonds. The third kappa shape index (κ3) is 5.18. The summed E-state index contributed by atoms with van der Waals surface area (Å²) < 4.78 is 36.0. The molecule has 0 bridgehead atoms. The van der Waals surface area contributed by atoms with E-state index in [9.17, 15) is 32.0 Å². The van der Waals surface area contributed by atoms with Crippen molar-refractivity contribution in [2.24, 2.45) is 4.99 Å². The molecule has 2 heterocycles. The van der Waals surface area contributed by atoms with Gasteiger partial charge in [0.2, 0.25) is 5.91 Å². The average molecular weight is 466 g/mol. The van der Waals surface area contributed by atoms with Crippen LogP contribution in [0.5, 0.6) is 0 Å². The molecule has 32 heavy (non-hydrogen) atoms. The zero-order valence-electron chi connectivity index (χ0n) is 17.6. The molecule has 1 fully saturated rings. The van der Waals surface area contributed by atoms with Crippen LogP contribution in [-0.4, -0.2) is 85.2 Å². The van der Waals surface area contributed by atoms with Crippen LogP contribution in [0.4, 0.5) is 4.39 Å². The number of fused-ring (bicyclic) bond motifs is 1. The molecule has 2 aliphatic heterocycles. The standard InChI is InChI=1S/C20H23FN4O6S/c1-24(15(26)11-32(2,30)31)14-4-3-9-25-18(14)23-16(17(27)20(25)29)19(28)22-10-12-5-7-13(21)8-6-12/h5-8,14,16H,3-4,9-11H2,1-2H3,(H,22,28)/t14-,16?/m1/s1. The molecule has 1 unspecified atom stereocenters. The van der Waals surface area contributed by atoms with Crippen molar-refractivity contribution >= 4 is 39.2 Å². The van der Waals surface area contributed by atoms with Gasteiger partial charge in [0.15, 0.2) is 15.9 Å². The van der Waals surface area contributed by atoms with Crippen LogP contribution in [0.15, 0.2) is 29.3 Å². The highest BCUT2D eigenvalue weighted by molar-refractivity contribution is 7.91. The van der Waals surface area contributed by atoms with Gasteiger partial charge in [-0.1, -0.05) is 12.1 Å². The van der Waals surface area contributed by atoms with E-state index in [1.807, 2.05) is 0 Å². The number of hydrogen-bond acceptors (Lipinski definition) is 7. The summed E-state index contributed by atoms with van der Waals surface area (Å²) >= 11 is 0. The third-order valence-corrected chi connectivity index (χ3v) is 6.05. The van der Waals surface area contributed by atoms with Gasteiger partial charge in [-0.2, -0.15) is 0 Å². The minimum Gasteiger partial charge on any atom is -0.350 e. The Bertz CT molecular complexity index is 1090. The summed E-state index contributed by atoms with van der Waals surface area (Å²) in [6.45, 7) is 0.208. The average Bonchev–Trinajstić information content (AvgIpc) is 2.73. The summed E-state index contributed by atoms with van der Waals surface area (Å²) in [7, 11) is -2.17. The number of amides is 3. The van der Waals surface area contributed by atoms with Crippen molar-refractivity contribution in [3.63, 3.8) is 0 Å². The Hall–Kier alpha value is -3.15. The summed E-state index contributed by atoms with van der Waals surface area (Å²) in [6.07, 6.45) is 1.81. The van der Waals surface area contributed by atoms with Crippen LogP contribution in [0.2, 0.25) is 0 Å². The summed E-state index contributed by atoms with van der Waals surface area (Å²) in [5, 5.41) is 2.51. The lowest BCUT2D eigenvalue weighted by Gasteiger charge is -2.41. The van der Waals surface area contributed by atoms with Crippen LogP contribution < -0.4 is 5.32 Å². The van der Waals surface area contributed by atoms with Crippen LogP contribution in [0.3, 0.4) is 0 Å². The van der Waals surface area contributed by atoms with Crippen LogP contribution in [0.25, 0.3) is 0 Å². The zero-order chi connectivity index (χ0) is 23.6. The van der Waals surface area contributed by atoms with Gasteiger partial charge in [-0.15, -0.1) is 0 Å². The molecule has 0 spiro atoms. The number of nitrogens with zero attached hydrogens (tertiary/aromatic N) is 3. The highest BCUT2D eigenvalue weighted by atomic mass is 32.2. The first kappa shape index (κ1) is 23.5. The van der Waals surface area contributed by atoms with Crippen molar-refractivity contribution in [3.8, 4) is 0 Å². The Morgan fingerprint density at radius 3 is 2.53 bits per heavy atom. The fourth-order valence-corrected chi connectivity index (χ4v) is 4.25. The van der Waals surface area contributed by atoms with Crippen molar-refractivity contribution in [1.82, 2.24) is 15.1 Å². The number of piperidine rings is 1. The van der Waals surface area contributed by atoms with Gasteiger partial charge in [-0.05, 0) is 30.5 Å². The number of amidine groups is 1. The molecule has 3 rings (SSSR count). The number of Topliss-reactive ketones (excluding diaryl/α,β-unsaturated/α-hetero) is 1. The molecular weight excluding hydrogens is 443 g/mol.